The van der Waals surface area contributed by atoms with Crippen molar-refractivity contribution in [3.63, 3.8) is 0 Å². The van der Waals surface area contributed by atoms with Crippen molar-refractivity contribution in [2.24, 2.45) is 7.05 Å². The van der Waals surface area contributed by atoms with Crippen LogP contribution in [0.5, 0.6) is 0 Å². The maximum atomic E-state index is 11.4. The molecule has 2 rings (SSSR count). The van der Waals surface area contributed by atoms with Crippen molar-refractivity contribution < 1.29 is 9.53 Å². The molecule has 1 aromatic carbocycles. The van der Waals surface area contributed by atoms with Crippen LogP contribution in [0.3, 0.4) is 0 Å². The summed E-state index contributed by atoms with van der Waals surface area (Å²) in [7, 11) is 3.18. The van der Waals surface area contributed by atoms with Gasteiger partial charge in [0.05, 0.1) is 7.11 Å². The molecule has 90 valence electrons. The second-order valence-electron chi connectivity index (χ2n) is 3.87. The fourth-order valence-electron chi connectivity index (χ4n) is 1.89. The summed E-state index contributed by atoms with van der Waals surface area (Å²) in [5, 5.41) is 9.94. The number of nitriles is 1. The summed E-state index contributed by atoms with van der Waals surface area (Å²) in [6.45, 7) is 0. The second kappa shape index (κ2) is 4.76. The van der Waals surface area contributed by atoms with Crippen LogP contribution in [-0.2, 0) is 16.6 Å². The van der Waals surface area contributed by atoms with Gasteiger partial charge in [0.1, 0.15) is 11.6 Å². The molecule has 0 aliphatic carbocycles. The predicted octanol–water partition coefficient (Wildman–Crippen LogP) is 2.26. The number of para-hydroxylation sites is 1. The Labute approximate surface area is 105 Å². The van der Waals surface area contributed by atoms with Gasteiger partial charge in [-0.3, -0.25) is 0 Å². The van der Waals surface area contributed by atoms with Gasteiger partial charge in [-0.1, -0.05) is 18.2 Å². The van der Waals surface area contributed by atoms with E-state index >= 15 is 0 Å². The van der Waals surface area contributed by atoms with Crippen LogP contribution in [0.2, 0.25) is 0 Å². The summed E-state index contributed by atoms with van der Waals surface area (Å²) < 4.78 is 6.51. The van der Waals surface area contributed by atoms with Gasteiger partial charge in [-0.05, 0) is 12.1 Å². The number of esters is 1. The van der Waals surface area contributed by atoms with E-state index in [1.807, 2.05) is 48.1 Å². The number of carbonyl (C=O) groups is 1. The number of benzene rings is 1. The van der Waals surface area contributed by atoms with E-state index in [9.17, 15) is 4.79 Å². The van der Waals surface area contributed by atoms with Crippen LogP contribution in [0.25, 0.3) is 17.0 Å². The van der Waals surface area contributed by atoms with Gasteiger partial charge in [0, 0.05) is 29.7 Å². The van der Waals surface area contributed by atoms with Crippen LogP contribution in [0.1, 0.15) is 5.56 Å². The Kier molecular flexibility index (Phi) is 3.16. The number of aromatic nitrogens is 1. The first-order valence-corrected chi connectivity index (χ1v) is 5.41. The predicted molar refractivity (Wildman–Crippen MR) is 68.5 cm³/mol. The Bertz CT molecular complexity index is 675. The smallest absolute Gasteiger partial charge is 0.348 e. The standard InChI is InChI=1S/C14H12N2O2/c1-16-9-11(7-10(8-15)14(17)18-2)12-5-3-4-6-13(12)16/h3-7,9H,1-2H3/b10-7+. The van der Waals surface area contributed by atoms with Crippen LogP contribution in [0.15, 0.2) is 36.0 Å². The quantitative estimate of drug-likeness (QED) is 0.459. The Balaban J connectivity index is 2.59. The second-order valence-corrected chi connectivity index (χ2v) is 3.87. The summed E-state index contributed by atoms with van der Waals surface area (Å²) >= 11 is 0. The average molecular weight is 240 g/mol. The minimum absolute atomic E-state index is 0.00569. The van der Waals surface area contributed by atoms with Crippen LogP contribution in [-0.4, -0.2) is 17.6 Å². The Morgan fingerprint density at radius 2 is 2.17 bits per heavy atom. The molecule has 0 amide bonds. The summed E-state index contributed by atoms with van der Waals surface area (Å²) in [4.78, 5) is 11.4. The van der Waals surface area contributed by atoms with E-state index < -0.39 is 5.97 Å². The van der Waals surface area contributed by atoms with E-state index in [1.54, 1.807) is 6.08 Å². The lowest BCUT2D eigenvalue weighted by Gasteiger charge is -1.95. The molecule has 0 saturated carbocycles. The number of ether oxygens (including phenoxy) is 1. The van der Waals surface area contributed by atoms with Crippen molar-refractivity contribution in [2.75, 3.05) is 7.11 Å². The SMILES string of the molecule is COC(=O)/C(C#N)=C/c1cn(C)c2ccccc12. The zero-order valence-corrected chi connectivity index (χ0v) is 10.2. The van der Waals surface area contributed by atoms with E-state index in [-0.39, 0.29) is 5.57 Å². The monoisotopic (exact) mass is 240 g/mol. The topological polar surface area (TPSA) is 55.0 Å². The summed E-state index contributed by atoms with van der Waals surface area (Å²) in [6, 6.07) is 9.65. The van der Waals surface area contributed by atoms with Crippen molar-refractivity contribution in [1.82, 2.24) is 4.57 Å². The first-order valence-electron chi connectivity index (χ1n) is 5.41. The molecule has 0 aliphatic heterocycles. The number of hydrogen-bond acceptors (Lipinski definition) is 3. The normalized spacial score (nSPS) is 11.3. The number of hydrogen-bond donors (Lipinski definition) is 0. The third-order valence-corrected chi connectivity index (χ3v) is 2.75. The highest BCUT2D eigenvalue weighted by Crippen LogP contribution is 2.22. The number of methoxy groups -OCH3 is 1. The highest BCUT2D eigenvalue weighted by molar-refractivity contribution is 6.01. The first kappa shape index (κ1) is 11.9. The minimum Gasteiger partial charge on any atom is -0.465 e. The molecular formula is C14H12N2O2. The summed E-state index contributed by atoms with van der Waals surface area (Å²) in [5.74, 6) is -0.620. The van der Waals surface area contributed by atoms with Gasteiger partial charge < -0.3 is 9.30 Å². The van der Waals surface area contributed by atoms with Crippen molar-refractivity contribution >= 4 is 22.9 Å². The van der Waals surface area contributed by atoms with Crippen molar-refractivity contribution in [3.05, 3.63) is 41.6 Å². The van der Waals surface area contributed by atoms with Crippen LogP contribution >= 0.6 is 0 Å². The molecule has 18 heavy (non-hydrogen) atoms. The van der Waals surface area contributed by atoms with Crippen LogP contribution in [0.4, 0.5) is 0 Å². The van der Waals surface area contributed by atoms with E-state index in [4.69, 9.17) is 5.26 Å². The summed E-state index contributed by atoms with van der Waals surface area (Å²) in [5.41, 5.74) is 1.87. The van der Waals surface area contributed by atoms with Gasteiger partial charge in [-0.15, -0.1) is 0 Å². The molecule has 1 aromatic heterocycles. The molecule has 0 saturated heterocycles. The van der Waals surface area contributed by atoms with Crippen LogP contribution in [0, 0.1) is 11.3 Å². The van der Waals surface area contributed by atoms with Gasteiger partial charge in [0.2, 0.25) is 0 Å². The lowest BCUT2D eigenvalue weighted by Crippen LogP contribution is -2.02. The molecule has 0 radical (unpaired) electrons. The Morgan fingerprint density at radius 1 is 1.44 bits per heavy atom. The third-order valence-electron chi connectivity index (χ3n) is 2.75. The zero-order chi connectivity index (χ0) is 13.1. The Hall–Kier alpha value is -2.54. The summed E-state index contributed by atoms with van der Waals surface area (Å²) in [6.07, 6.45) is 3.43. The maximum Gasteiger partial charge on any atom is 0.348 e. The van der Waals surface area contributed by atoms with Gasteiger partial charge in [-0.25, -0.2) is 4.79 Å². The minimum atomic E-state index is -0.620. The van der Waals surface area contributed by atoms with E-state index in [2.05, 4.69) is 4.74 Å². The number of fused-ring (bicyclic) bond motifs is 1. The first-order chi connectivity index (χ1) is 8.67. The van der Waals surface area contributed by atoms with Gasteiger partial charge in [-0.2, -0.15) is 5.26 Å². The molecule has 0 aliphatic rings. The van der Waals surface area contributed by atoms with Gasteiger partial charge in [0.15, 0.2) is 0 Å². The van der Waals surface area contributed by atoms with Crippen molar-refractivity contribution in [2.45, 2.75) is 0 Å². The molecule has 0 N–H and O–H groups in total. The number of rotatable bonds is 2. The fraction of sp³-hybridized carbons (Fsp3) is 0.143. The van der Waals surface area contributed by atoms with Gasteiger partial charge in [0.25, 0.3) is 0 Å². The maximum absolute atomic E-state index is 11.4. The van der Waals surface area contributed by atoms with E-state index in [1.165, 1.54) is 7.11 Å². The molecule has 0 fully saturated rings. The number of aryl methyl sites for hydroxylation is 1. The lowest BCUT2D eigenvalue weighted by molar-refractivity contribution is -0.135. The van der Waals surface area contributed by atoms with Crippen molar-refractivity contribution in [1.29, 1.82) is 5.26 Å². The Morgan fingerprint density at radius 3 is 2.83 bits per heavy atom. The molecule has 0 atom stereocenters. The molecule has 4 heteroatoms. The molecule has 1 heterocycles. The van der Waals surface area contributed by atoms with E-state index in [0.29, 0.717) is 0 Å². The largest absolute Gasteiger partial charge is 0.465 e. The zero-order valence-electron chi connectivity index (χ0n) is 10.2. The van der Waals surface area contributed by atoms with Crippen LogP contribution < -0.4 is 0 Å². The third kappa shape index (κ3) is 1.98. The highest BCUT2D eigenvalue weighted by Gasteiger charge is 2.11. The number of nitrogens with zero attached hydrogens (tertiary/aromatic N) is 2. The fourth-order valence-corrected chi connectivity index (χ4v) is 1.89. The van der Waals surface area contributed by atoms with Gasteiger partial charge >= 0.3 is 5.97 Å². The number of carbonyl (C=O) groups excluding carboxylic acids is 1. The highest BCUT2D eigenvalue weighted by atomic mass is 16.5. The lowest BCUT2D eigenvalue weighted by atomic mass is 10.1. The molecule has 0 bridgehead atoms. The van der Waals surface area contributed by atoms with E-state index in [0.717, 1.165) is 16.5 Å². The molecule has 0 unspecified atom stereocenters. The molecule has 2 aromatic rings. The van der Waals surface area contributed by atoms with Crippen molar-refractivity contribution in [3.8, 4) is 6.07 Å². The average Bonchev–Trinajstić information content (AvgIpc) is 2.72. The molecule has 0 spiro atoms. The molecular weight excluding hydrogens is 228 g/mol. The molecule has 4 nitrogen and oxygen atoms in total.